The smallest absolute Gasteiger partial charge is 0.314 e. The van der Waals surface area contributed by atoms with Crippen LogP contribution in [0.25, 0.3) is 0 Å². The van der Waals surface area contributed by atoms with E-state index in [1.165, 1.54) is 12.1 Å². The van der Waals surface area contributed by atoms with Gasteiger partial charge in [-0.2, -0.15) is 0 Å². The monoisotopic (exact) mass is 403 g/mol. The first kappa shape index (κ1) is 14.9. The predicted molar refractivity (Wildman–Crippen MR) is 79.9 cm³/mol. The number of nitro benzene ring substituents is 1. The average molecular weight is 405 g/mol. The Labute approximate surface area is 131 Å². The van der Waals surface area contributed by atoms with Crippen LogP contribution in [0.15, 0.2) is 40.9 Å². The van der Waals surface area contributed by atoms with Gasteiger partial charge in [-0.25, -0.2) is 4.39 Å². The molecule has 0 N–H and O–H groups in total. The molecule has 0 saturated heterocycles. The quantitative estimate of drug-likeness (QED) is 0.400. The van der Waals surface area contributed by atoms with Crippen molar-refractivity contribution in [3.8, 4) is 11.5 Å². The fraction of sp³-hybridized carbons (Fsp3) is 0.0769. The van der Waals surface area contributed by atoms with Crippen molar-refractivity contribution < 1.29 is 14.1 Å². The Bertz CT molecular complexity index is 664. The summed E-state index contributed by atoms with van der Waals surface area (Å²) in [5.74, 6) is -0.872. The van der Waals surface area contributed by atoms with Crippen LogP contribution in [-0.2, 0) is 5.33 Å². The van der Waals surface area contributed by atoms with E-state index < -0.39 is 22.2 Å². The molecule has 104 valence electrons. The Balaban J connectivity index is 2.42. The van der Waals surface area contributed by atoms with Crippen molar-refractivity contribution in [2.75, 3.05) is 0 Å². The van der Waals surface area contributed by atoms with Gasteiger partial charge in [0.2, 0.25) is 5.75 Å². The van der Waals surface area contributed by atoms with Gasteiger partial charge in [-0.15, -0.1) is 0 Å². The number of benzene rings is 2. The van der Waals surface area contributed by atoms with Gasteiger partial charge < -0.3 is 4.74 Å². The molecule has 0 atom stereocenters. The van der Waals surface area contributed by atoms with Crippen LogP contribution in [0.2, 0.25) is 0 Å². The van der Waals surface area contributed by atoms with Crippen molar-refractivity contribution in [3.63, 3.8) is 0 Å². The van der Waals surface area contributed by atoms with Gasteiger partial charge in [-0.3, -0.25) is 10.1 Å². The highest BCUT2D eigenvalue weighted by Gasteiger charge is 2.20. The molecule has 0 aliphatic heterocycles. The molecule has 20 heavy (non-hydrogen) atoms. The third kappa shape index (κ3) is 3.16. The van der Waals surface area contributed by atoms with Gasteiger partial charge in [0.25, 0.3) is 0 Å². The van der Waals surface area contributed by atoms with E-state index in [0.717, 1.165) is 11.6 Å². The summed E-state index contributed by atoms with van der Waals surface area (Å²) >= 11 is 6.61. The van der Waals surface area contributed by atoms with Crippen LogP contribution in [0, 0.1) is 15.9 Å². The maximum atomic E-state index is 13.7. The highest BCUT2D eigenvalue weighted by Crippen LogP contribution is 2.37. The van der Waals surface area contributed by atoms with Crippen molar-refractivity contribution in [2.45, 2.75) is 5.33 Å². The molecular weight excluding hydrogens is 397 g/mol. The first-order chi connectivity index (χ1) is 9.52. The van der Waals surface area contributed by atoms with Crippen molar-refractivity contribution in [2.24, 2.45) is 0 Å². The molecule has 0 amide bonds. The van der Waals surface area contributed by atoms with Crippen LogP contribution >= 0.6 is 31.9 Å². The zero-order valence-electron chi connectivity index (χ0n) is 9.98. The Hall–Kier alpha value is -1.47. The van der Waals surface area contributed by atoms with Gasteiger partial charge in [-0.05, 0) is 39.7 Å². The Morgan fingerprint density at radius 1 is 1.30 bits per heavy atom. The number of ether oxygens (including phenoxy) is 1. The molecule has 0 heterocycles. The zero-order valence-corrected chi connectivity index (χ0v) is 13.1. The summed E-state index contributed by atoms with van der Waals surface area (Å²) in [6.45, 7) is 0. The standard InChI is InChI=1S/C13H8Br2FNO3/c14-7-8-4-5-12(9(15)6-8)20-13-10(16)2-1-3-11(13)17(18)19/h1-6H,7H2. The lowest BCUT2D eigenvalue weighted by atomic mass is 10.2. The lowest BCUT2D eigenvalue weighted by molar-refractivity contribution is -0.385. The molecule has 0 fully saturated rings. The Morgan fingerprint density at radius 2 is 2.05 bits per heavy atom. The number of nitro groups is 1. The number of halogens is 3. The molecule has 2 aromatic carbocycles. The SMILES string of the molecule is O=[N+]([O-])c1cccc(F)c1Oc1ccc(CBr)cc1Br. The topological polar surface area (TPSA) is 52.4 Å². The normalized spacial score (nSPS) is 10.3. The van der Waals surface area contributed by atoms with Gasteiger partial charge in [0.05, 0.1) is 9.40 Å². The van der Waals surface area contributed by atoms with Gasteiger partial charge in [0, 0.05) is 11.4 Å². The van der Waals surface area contributed by atoms with Crippen LogP contribution in [0.3, 0.4) is 0 Å². The molecule has 2 rings (SSSR count). The van der Waals surface area contributed by atoms with Crippen molar-refractivity contribution in [1.29, 1.82) is 0 Å². The summed E-state index contributed by atoms with van der Waals surface area (Å²) in [7, 11) is 0. The molecule has 0 bridgehead atoms. The second-order valence-electron chi connectivity index (χ2n) is 3.85. The van der Waals surface area contributed by atoms with Gasteiger partial charge in [0.1, 0.15) is 5.75 Å². The van der Waals surface area contributed by atoms with E-state index in [0.29, 0.717) is 15.6 Å². The minimum atomic E-state index is -0.782. The van der Waals surface area contributed by atoms with Crippen LogP contribution < -0.4 is 4.74 Å². The molecule has 0 spiro atoms. The van der Waals surface area contributed by atoms with Crippen molar-refractivity contribution in [1.82, 2.24) is 0 Å². The molecule has 0 radical (unpaired) electrons. The van der Waals surface area contributed by atoms with E-state index in [4.69, 9.17) is 4.74 Å². The third-order valence-electron chi connectivity index (χ3n) is 2.51. The lowest BCUT2D eigenvalue weighted by Crippen LogP contribution is -1.96. The van der Waals surface area contributed by atoms with E-state index in [2.05, 4.69) is 31.9 Å². The van der Waals surface area contributed by atoms with E-state index >= 15 is 0 Å². The van der Waals surface area contributed by atoms with Crippen molar-refractivity contribution >= 4 is 37.5 Å². The Morgan fingerprint density at radius 3 is 2.65 bits per heavy atom. The summed E-state index contributed by atoms with van der Waals surface area (Å²) in [6, 6.07) is 8.76. The number of nitrogens with zero attached hydrogens (tertiary/aromatic N) is 1. The summed E-state index contributed by atoms with van der Waals surface area (Å²) in [5, 5.41) is 11.5. The number of hydrogen-bond acceptors (Lipinski definition) is 3. The van der Waals surface area contributed by atoms with Crippen LogP contribution in [0.5, 0.6) is 11.5 Å². The fourth-order valence-corrected chi connectivity index (χ4v) is 2.42. The first-order valence-electron chi connectivity index (χ1n) is 5.48. The molecule has 0 saturated carbocycles. The summed E-state index contributed by atoms with van der Waals surface area (Å²) < 4.78 is 19.7. The average Bonchev–Trinajstić information content (AvgIpc) is 2.42. The third-order valence-corrected chi connectivity index (χ3v) is 3.77. The number of para-hydroxylation sites is 1. The predicted octanol–water partition coefficient (Wildman–Crippen LogP) is 5.18. The summed E-state index contributed by atoms with van der Waals surface area (Å²) in [6.07, 6.45) is 0. The number of rotatable bonds is 4. The van der Waals surface area contributed by atoms with Crippen molar-refractivity contribution in [3.05, 3.63) is 62.4 Å². The first-order valence-corrected chi connectivity index (χ1v) is 7.39. The molecule has 0 aromatic heterocycles. The fourth-order valence-electron chi connectivity index (χ4n) is 1.56. The second-order valence-corrected chi connectivity index (χ2v) is 5.26. The summed E-state index contributed by atoms with van der Waals surface area (Å²) in [4.78, 5) is 10.2. The number of hydrogen-bond donors (Lipinski definition) is 0. The molecule has 7 heteroatoms. The Kier molecular flexibility index (Phi) is 4.72. The van der Waals surface area contributed by atoms with Gasteiger partial charge in [-0.1, -0.05) is 28.1 Å². The minimum Gasteiger partial charge on any atom is -0.446 e. The highest BCUT2D eigenvalue weighted by molar-refractivity contribution is 9.10. The van der Waals surface area contributed by atoms with Gasteiger partial charge >= 0.3 is 5.69 Å². The maximum absolute atomic E-state index is 13.7. The van der Waals surface area contributed by atoms with E-state index in [9.17, 15) is 14.5 Å². The van der Waals surface area contributed by atoms with Gasteiger partial charge in [0.15, 0.2) is 5.82 Å². The molecule has 2 aromatic rings. The molecule has 4 nitrogen and oxygen atoms in total. The molecule has 0 aliphatic rings. The van der Waals surface area contributed by atoms with E-state index in [1.54, 1.807) is 18.2 Å². The number of alkyl halides is 1. The molecule has 0 aliphatic carbocycles. The highest BCUT2D eigenvalue weighted by atomic mass is 79.9. The molecular formula is C13H8Br2FNO3. The van der Waals surface area contributed by atoms with E-state index in [-0.39, 0.29) is 0 Å². The molecule has 0 unspecified atom stereocenters. The minimum absolute atomic E-state index is 0.308. The van der Waals surface area contributed by atoms with Crippen LogP contribution in [0.4, 0.5) is 10.1 Å². The van der Waals surface area contributed by atoms with Crippen LogP contribution in [0.1, 0.15) is 5.56 Å². The van der Waals surface area contributed by atoms with E-state index in [1.807, 2.05) is 0 Å². The second kappa shape index (κ2) is 6.32. The summed E-state index contributed by atoms with van der Waals surface area (Å²) in [5.41, 5.74) is 0.578. The largest absolute Gasteiger partial charge is 0.446 e. The maximum Gasteiger partial charge on any atom is 0.314 e. The zero-order chi connectivity index (χ0) is 14.7. The lowest BCUT2D eigenvalue weighted by Gasteiger charge is -2.09. The van der Waals surface area contributed by atoms with Crippen LogP contribution in [-0.4, -0.2) is 4.92 Å².